The Morgan fingerprint density at radius 2 is 2.38 bits per heavy atom. The molecular formula is C10H9N5O. The molecule has 0 aromatic carbocycles. The zero-order valence-corrected chi connectivity index (χ0v) is 8.34. The minimum Gasteiger partial charge on any atom is -0.366 e. The van der Waals surface area contributed by atoms with Crippen LogP contribution in [0.25, 0.3) is 0 Å². The van der Waals surface area contributed by atoms with Crippen LogP contribution in [0.5, 0.6) is 0 Å². The van der Waals surface area contributed by atoms with Crippen molar-refractivity contribution in [2.45, 2.75) is 6.54 Å². The number of carbonyl (C=O) groups excluding carboxylic acids is 1. The average molecular weight is 215 g/mol. The first kappa shape index (κ1) is 8.90. The van der Waals surface area contributed by atoms with Gasteiger partial charge in [0, 0.05) is 30.7 Å². The molecule has 3 heterocycles. The fraction of sp³-hybridized carbons (Fsp3) is 0.100. The molecule has 0 unspecified atom stereocenters. The van der Waals surface area contributed by atoms with Crippen LogP contribution in [0.15, 0.2) is 31.0 Å². The third kappa shape index (κ3) is 1.23. The van der Waals surface area contributed by atoms with Gasteiger partial charge in [-0.25, -0.2) is 19.7 Å². The number of nitrogens with zero attached hydrogens (tertiary/aromatic N) is 3. The van der Waals surface area contributed by atoms with Crippen LogP contribution < -0.4 is 10.2 Å². The Morgan fingerprint density at radius 1 is 1.44 bits per heavy atom. The second-order valence-corrected chi connectivity index (χ2v) is 3.43. The van der Waals surface area contributed by atoms with Crippen LogP contribution in [0.1, 0.15) is 5.56 Å². The minimum atomic E-state index is -0.175. The lowest BCUT2D eigenvalue weighted by molar-refractivity contribution is 0.247. The van der Waals surface area contributed by atoms with Crippen molar-refractivity contribution in [1.29, 1.82) is 0 Å². The van der Waals surface area contributed by atoms with Crippen LogP contribution >= 0.6 is 0 Å². The molecule has 0 saturated heterocycles. The summed E-state index contributed by atoms with van der Waals surface area (Å²) in [5.74, 6) is 0.637. The number of amides is 2. The molecule has 0 fully saturated rings. The summed E-state index contributed by atoms with van der Waals surface area (Å²) in [7, 11) is 0. The highest BCUT2D eigenvalue weighted by Crippen LogP contribution is 2.28. The van der Waals surface area contributed by atoms with E-state index in [2.05, 4.69) is 20.3 Å². The molecular weight excluding hydrogens is 206 g/mol. The normalized spacial score (nSPS) is 14.5. The zero-order chi connectivity index (χ0) is 11.0. The predicted octanol–water partition coefficient (Wildman–Crippen LogP) is 1.17. The summed E-state index contributed by atoms with van der Waals surface area (Å²) in [4.78, 5) is 24.3. The summed E-state index contributed by atoms with van der Waals surface area (Å²) in [6.45, 7) is 0.468. The van der Waals surface area contributed by atoms with Crippen molar-refractivity contribution in [2.75, 3.05) is 4.90 Å². The van der Waals surface area contributed by atoms with Gasteiger partial charge in [-0.05, 0) is 6.07 Å². The van der Waals surface area contributed by atoms with Crippen LogP contribution in [0.3, 0.4) is 0 Å². The van der Waals surface area contributed by atoms with Crippen molar-refractivity contribution in [3.05, 3.63) is 36.5 Å². The molecule has 1 aliphatic rings. The van der Waals surface area contributed by atoms with Gasteiger partial charge in [-0.15, -0.1) is 0 Å². The quantitative estimate of drug-likeness (QED) is 0.749. The molecule has 2 aromatic rings. The molecule has 0 atom stereocenters. The maximum atomic E-state index is 11.8. The molecule has 2 N–H and O–H groups in total. The standard InChI is InChI=1S/C10H9N5O/c16-10-13-4-7-3-12-6-14-9(7)15(10)8-1-2-11-5-8/h1-3,5-6,11H,4H2,(H,13,16). The SMILES string of the molecule is O=C1NCc2cncnc2N1c1cc[nH]c1. The van der Waals surface area contributed by atoms with Gasteiger partial charge >= 0.3 is 6.03 Å². The van der Waals surface area contributed by atoms with E-state index in [4.69, 9.17) is 0 Å². The molecule has 0 aliphatic carbocycles. The van der Waals surface area contributed by atoms with Crippen LogP contribution in [0.2, 0.25) is 0 Å². The van der Waals surface area contributed by atoms with Crippen LogP contribution in [0.4, 0.5) is 16.3 Å². The summed E-state index contributed by atoms with van der Waals surface area (Å²) >= 11 is 0. The van der Waals surface area contributed by atoms with Crippen LogP contribution in [-0.2, 0) is 6.54 Å². The van der Waals surface area contributed by atoms with E-state index in [-0.39, 0.29) is 6.03 Å². The first-order valence-corrected chi connectivity index (χ1v) is 4.86. The number of fused-ring (bicyclic) bond motifs is 1. The highest BCUT2D eigenvalue weighted by Gasteiger charge is 2.26. The second kappa shape index (κ2) is 3.34. The molecule has 0 radical (unpaired) electrons. The van der Waals surface area contributed by atoms with E-state index in [1.54, 1.807) is 18.6 Å². The van der Waals surface area contributed by atoms with E-state index >= 15 is 0 Å². The Balaban J connectivity index is 2.14. The Hall–Kier alpha value is -2.37. The lowest BCUT2D eigenvalue weighted by Crippen LogP contribution is -2.41. The minimum absolute atomic E-state index is 0.175. The van der Waals surface area contributed by atoms with Crippen LogP contribution in [-0.4, -0.2) is 21.0 Å². The number of anilines is 2. The van der Waals surface area contributed by atoms with E-state index in [9.17, 15) is 4.79 Å². The van der Waals surface area contributed by atoms with Crippen molar-refractivity contribution >= 4 is 17.5 Å². The van der Waals surface area contributed by atoms with Crippen molar-refractivity contribution in [3.8, 4) is 0 Å². The maximum Gasteiger partial charge on any atom is 0.328 e. The molecule has 2 amide bonds. The monoisotopic (exact) mass is 215 g/mol. The smallest absolute Gasteiger partial charge is 0.328 e. The third-order valence-corrected chi connectivity index (χ3v) is 2.45. The van der Waals surface area contributed by atoms with Crippen LogP contribution in [0, 0.1) is 0 Å². The summed E-state index contributed by atoms with van der Waals surface area (Å²) in [5.41, 5.74) is 1.67. The largest absolute Gasteiger partial charge is 0.366 e. The molecule has 0 spiro atoms. The Kier molecular flexibility index (Phi) is 1.86. The number of hydrogen-bond donors (Lipinski definition) is 2. The molecule has 6 nitrogen and oxygen atoms in total. The van der Waals surface area contributed by atoms with E-state index in [0.717, 1.165) is 11.3 Å². The maximum absolute atomic E-state index is 11.8. The lowest BCUT2D eigenvalue weighted by Gasteiger charge is -2.27. The van der Waals surface area contributed by atoms with Crippen molar-refractivity contribution in [1.82, 2.24) is 20.3 Å². The summed E-state index contributed by atoms with van der Waals surface area (Å²) in [5, 5.41) is 2.77. The van der Waals surface area contributed by atoms with Gasteiger partial charge in [0.05, 0.1) is 5.69 Å². The number of H-pyrrole nitrogens is 1. The number of carbonyl (C=O) groups is 1. The van der Waals surface area contributed by atoms with E-state index < -0.39 is 0 Å². The first-order valence-electron chi connectivity index (χ1n) is 4.86. The number of rotatable bonds is 1. The fourth-order valence-corrected chi connectivity index (χ4v) is 1.72. The number of aromatic nitrogens is 3. The number of aromatic amines is 1. The third-order valence-electron chi connectivity index (χ3n) is 2.45. The van der Waals surface area contributed by atoms with Gasteiger partial charge in [0.2, 0.25) is 0 Å². The zero-order valence-electron chi connectivity index (χ0n) is 8.34. The number of urea groups is 1. The Labute approximate surface area is 91.3 Å². The van der Waals surface area contributed by atoms with Crippen molar-refractivity contribution in [2.24, 2.45) is 0 Å². The molecule has 6 heteroatoms. The molecule has 2 aromatic heterocycles. The lowest BCUT2D eigenvalue weighted by atomic mass is 10.2. The van der Waals surface area contributed by atoms with Crippen molar-refractivity contribution < 1.29 is 4.79 Å². The average Bonchev–Trinajstić information content (AvgIpc) is 2.82. The van der Waals surface area contributed by atoms with Gasteiger partial charge in [-0.2, -0.15) is 0 Å². The number of hydrogen-bond acceptors (Lipinski definition) is 3. The summed E-state index contributed by atoms with van der Waals surface area (Å²) in [6, 6.07) is 1.64. The number of nitrogens with one attached hydrogen (secondary N) is 2. The molecule has 80 valence electrons. The van der Waals surface area contributed by atoms with E-state index in [1.807, 2.05) is 6.07 Å². The summed E-state index contributed by atoms with van der Waals surface area (Å²) < 4.78 is 0. The van der Waals surface area contributed by atoms with Gasteiger partial charge in [-0.3, -0.25) is 0 Å². The first-order chi connectivity index (χ1) is 7.86. The highest BCUT2D eigenvalue weighted by molar-refractivity contribution is 6.00. The Bertz CT molecular complexity index is 522. The Morgan fingerprint density at radius 3 is 3.19 bits per heavy atom. The molecule has 3 rings (SSSR count). The molecule has 0 saturated carbocycles. The predicted molar refractivity (Wildman–Crippen MR) is 57.2 cm³/mol. The van der Waals surface area contributed by atoms with Gasteiger partial charge in [-0.1, -0.05) is 0 Å². The van der Waals surface area contributed by atoms with Gasteiger partial charge in [0.1, 0.15) is 12.1 Å². The highest BCUT2D eigenvalue weighted by atomic mass is 16.2. The van der Waals surface area contributed by atoms with Crippen molar-refractivity contribution in [3.63, 3.8) is 0 Å². The van der Waals surface area contributed by atoms with Gasteiger partial charge in [0.15, 0.2) is 0 Å². The molecule has 1 aliphatic heterocycles. The van der Waals surface area contributed by atoms with Gasteiger partial charge in [0.25, 0.3) is 0 Å². The van der Waals surface area contributed by atoms with E-state index in [0.29, 0.717) is 12.4 Å². The fourth-order valence-electron chi connectivity index (χ4n) is 1.72. The molecule has 0 bridgehead atoms. The molecule has 16 heavy (non-hydrogen) atoms. The topological polar surface area (TPSA) is 73.9 Å². The van der Waals surface area contributed by atoms with E-state index in [1.165, 1.54) is 11.2 Å². The summed E-state index contributed by atoms with van der Waals surface area (Å²) in [6.07, 6.45) is 6.66. The van der Waals surface area contributed by atoms with Gasteiger partial charge < -0.3 is 10.3 Å². The second-order valence-electron chi connectivity index (χ2n) is 3.43.